The zero-order valence-corrected chi connectivity index (χ0v) is 16.8. The lowest BCUT2D eigenvalue weighted by Crippen LogP contribution is -2.52. The van der Waals surface area contributed by atoms with Crippen molar-refractivity contribution in [2.24, 2.45) is 11.7 Å². The maximum atomic E-state index is 13.1. The first-order valence-corrected chi connectivity index (χ1v) is 9.43. The van der Waals surface area contributed by atoms with Gasteiger partial charge in [-0.3, -0.25) is 9.59 Å². The second-order valence-corrected chi connectivity index (χ2v) is 7.14. The topological polar surface area (TPSA) is 78.6 Å². The van der Waals surface area contributed by atoms with Crippen LogP contribution in [0.25, 0.3) is 0 Å². The van der Waals surface area contributed by atoms with Crippen molar-refractivity contribution >= 4 is 11.6 Å². The Morgan fingerprint density at radius 2 is 1.32 bits per heavy atom. The fourth-order valence-corrected chi connectivity index (χ4v) is 3.29. The minimum absolute atomic E-state index is 0.0758. The molecule has 150 valence electrons. The summed E-state index contributed by atoms with van der Waals surface area (Å²) < 4.78 is 10.3. The van der Waals surface area contributed by atoms with Crippen LogP contribution < -0.4 is 5.73 Å². The SMILES string of the molecule is COCCC(CCOC)C(C)(N)C(=O)c1ccc(C(=O)c2ccccc2)cc1. The number of carbonyl (C=O) groups excluding carboxylic acids is 2. The van der Waals surface area contributed by atoms with Gasteiger partial charge in [0.2, 0.25) is 0 Å². The van der Waals surface area contributed by atoms with Gasteiger partial charge in [0.15, 0.2) is 11.6 Å². The van der Waals surface area contributed by atoms with Gasteiger partial charge in [-0.05, 0) is 25.7 Å². The second kappa shape index (κ2) is 10.3. The minimum Gasteiger partial charge on any atom is -0.385 e. The van der Waals surface area contributed by atoms with Gasteiger partial charge < -0.3 is 15.2 Å². The molecule has 5 nitrogen and oxygen atoms in total. The maximum Gasteiger partial charge on any atom is 0.193 e. The molecular weight excluding hydrogens is 354 g/mol. The Hall–Kier alpha value is -2.34. The minimum atomic E-state index is -1.05. The first kappa shape index (κ1) is 22.0. The Balaban J connectivity index is 2.18. The molecule has 28 heavy (non-hydrogen) atoms. The lowest BCUT2D eigenvalue weighted by molar-refractivity contribution is 0.0749. The average molecular weight is 383 g/mol. The number of carbonyl (C=O) groups is 2. The van der Waals surface area contributed by atoms with Crippen LogP contribution in [0.4, 0.5) is 0 Å². The Labute approximate surface area is 166 Å². The van der Waals surface area contributed by atoms with Crippen LogP contribution in [-0.4, -0.2) is 44.5 Å². The Morgan fingerprint density at radius 3 is 1.82 bits per heavy atom. The molecule has 0 spiro atoms. The van der Waals surface area contributed by atoms with Gasteiger partial charge in [0.1, 0.15) is 0 Å². The lowest BCUT2D eigenvalue weighted by Gasteiger charge is -2.33. The zero-order valence-electron chi connectivity index (χ0n) is 16.8. The van der Waals surface area contributed by atoms with Gasteiger partial charge in [0.05, 0.1) is 5.54 Å². The van der Waals surface area contributed by atoms with E-state index in [0.29, 0.717) is 42.7 Å². The first-order valence-electron chi connectivity index (χ1n) is 9.43. The Morgan fingerprint density at radius 1 is 0.857 bits per heavy atom. The number of benzene rings is 2. The number of rotatable bonds is 11. The third-order valence-electron chi connectivity index (χ3n) is 5.12. The first-order chi connectivity index (χ1) is 13.4. The molecule has 0 radical (unpaired) electrons. The molecule has 0 heterocycles. The number of hydrogen-bond acceptors (Lipinski definition) is 5. The summed E-state index contributed by atoms with van der Waals surface area (Å²) in [7, 11) is 3.26. The average Bonchev–Trinajstić information content (AvgIpc) is 2.73. The van der Waals surface area contributed by atoms with E-state index in [-0.39, 0.29) is 17.5 Å². The van der Waals surface area contributed by atoms with Crippen molar-refractivity contribution < 1.29 is 19.1 Å². The lowest BCUT2D eigenvalue weighted by atomic mass is 9.77. The third-order valence-corrected chi connectivity index (χ3v) is 5.12. The van der Waals surface area contributed by atoms with Crippen LogP contribution in [-0.2, 0) is 9.47 Å². The van der Waals surface area contributed by atoms with Crippen LogP contribution in [0.5, 0.6) is 0 Å². The van der Waals surface area contributed by atoms with E-state index in [1.165, 1.54) is 0 Å². The van der Waals surface area contributed by atoms with Crippen molar-refractivity contribution in [1.82, 2.24) is 0 Å². The van der Waals surface area contributed by atoms with E-state index in [0.717, 1.165) is 0 Å². The Bertz CT molecular complexity index is 761. The van der Waals surface area contributed by atoms with Crippen molar-refractivity contribution in [2.75, 3.05) is 27.4 Å². The van der Waals surface area contributed by atoms with E-state index >= 15 is 0 Å². The molecule has 2 N–H and O–H groups in total. The smallest absolute Gasteiger partial charge is 0.193 e. The fourth-order valence-electron chi connectivity index (χ4n) is 3.29. The molecule has 2 aromatic carbocycles. The fraction of sp³-hybridized carbons (Fsp3) is 0.391. The molecule has 0 saturated heterocycles. The number of hydrogen-bond donors (Lipinski definition) is 1. The third kappa shape index (κ3) is 5.35. The van der Waals surface area contributed by atoms with Gasteiger partial charge in [-0.1, -0.05) is 54.6 Å². The highest BCUT2D eigenvalue weighted by Crippen LogP contribution is 2.26. The van der Waals surface area contributed by atoms with Gasteiger partial charge in [-0.25, -0.2) is 0 Å². The van der Waals surface area contributed by atoms with Gasteiger partial charge in [0, 0.05) is 44.1 Å². The largest absolute Gasteiger partial charge is 0.385 e. The summed E-state index contributed by atoms with van der Waals surface area (Å²) in [6.07, 6.45) is 1.34. The van der Waals surface area contributed by atoms with E-state index in [1.54, 1.807) is 57.5 Å². The van der Waals surface area contributed by atoms with E-state index in [2.05, 4.69) is 0 Å². The molecule has 2 aromatic rings. The summed E-state index contributed by atoms with van der Waals surface area (Å²) in [6, 6.07) is 15.8. The van der Waals surface area contributed by atoms with Crippen molar-refractivity contribution in [2.45, 2.75) is 25.3 Å². The van der Waals surface area contributed by atoms with Gasteiger partial charge in [-0.2, -0.15) is 0 Å². The van der Waals surface area contributed by atoms with E-state index in [9.17, 15) is 9.59 Å². The molecule has 5 heteroatoms. The molecule has 0 amide bonds. The van der Waals surface area contributed by atoms with Crippen molar-refractivity contribution in [3.05, 3.63) is 71.3 Å². The van der Waals surface area contributed by atoms with Gasteiger partial charge >= 0.3 is 0 Å². The summed E-state index contributed by atoms with van der Waals surface area (Å²) in [5.74, 6) is -0.304. The van der Waals surface area contributed by atoms with Crippen molar-refractivity contribution in [1.29, 1.82) is 0 Å². The molecule has 2 rings (SSSR count). The van der Waals surface area contributed by atoms with E-state index < -0.39 is 5.54 Å². The van der Waals surface area contributed by atoms with Crippen LogP contribution in [0.1, 0.15) is 46.0 Å². The van der Waals surface area contributed by atoms with Gasteiger partial charge in [-0.15, -0.1) is 0 Å². The molecule has 1 unspecified atom stereocenters. The number of nitrogens with two attached hydrogens (primary N) is 1. The molecule has 0 aliphatic carbocycles. The van der Waals surface area contributed by atoms with Crippen LogP contribution in [0.2, 0.25) is 0 Å². The number of methoxy groups -OCH3 is 2. The van der Waals surface area contributed by atoms with E-state index in [4.69, 9.17) is 15.2 Å². The predicted molar refractivity (Wildman–Crippen MR) is 110 cm³/mol. The zero-order chi connectivity index (χ0) is 20.6. The number of Topliss-reactive ketones (excluding diaryl/α,β-unsaturated/α-hetero) is 1. The molecule has 0 aromatic heterocycles. The quantitative estimate of drug-likeness (QED) is 0.601. The van der Waals surface area contributed by atoms with Crippen molar-refractivity contribution in [3.8, 4) is 0 Å². The summed E-state index contributed by atoms with van der Waals surface area (Å²) in [5.41, 5.74) is 7.07. The highest BCUT2D eigenvalue weighted by Gasteiger charge is 2.37. The molecule has 1 atom stereocenters. The van der Waals surface area contributed by atoms with Crippen molar-refractivity contribution in [3.63, 3.8) is 0 Å². The standard InChI is InChI=1S/C23H29NO4/c1-23(24,20(13-15-27-2)14-16-28-3)22(26)19-11-9-18(10-12-19)21(25)17-7-5-4-6-8-17/h4-12,20H,13-16,24H2,1-3H3. The van der Waals surface area contributed by atoms with E-state index in [1.807, 2.05) is 18.2 Å². The number of ether oxygens (including phenoxy) is 2. The summed E-state index contributed by atoms with van der Waals surface area (Å²) in [4.78, 5) is 25.6. The molecular formula is C23H29NO4. The highest BCUT2D eigenvalue weighted by molar-refractivity contribution is 6.10. The Kier molecular flexibility index (Phi) is 8.05. The summed E-state index contributed by atoms with van der Waals surface area (Å²) in [5, 5.41) is 0. The normalized spacial score (nSPS) is 13.3. The molecule has 0 fully saturated rings. The maximum absolute atomic E-state index is 13.1. The number of ketones is 2. The molecule has 0 aliphatic rings. The van der Waals surface area contributed by atoms with Gasteiger partial charge in [0.25, 0.3) is 0 Å². The van der Waals surface area contributed by atoms with Crippen LogP contribution >= 0.6 is 0 Å². The predicted octanol–water partition coefficient (Wildman–Crippen LogP) is 3.51. The van der Waals surface area contributed by atoms with Crippen LogP contribution in [0.15, 0.2) is 54.6 Å². The second-order valence-electron chi connectivity index (χ2n) is 7.14. The summed E-state index contributed by atoms with van der Waals surface area (Å²) in [6.45, 7) is 2.81. The molecule has 0 bridgehead atoms. The van der Waals surface area contributed by atoms with Crippen LogP contribution in [0, 0.1) is 5.92 Å². The van der Waals surface area contributed by atoms with Crippen LogP contribution in [0.3, 0.4) is 0 Å². The highest BCUT2D eigenvalue weighted by atomic mass is 16.5. The summed E-state index contributed by atoms with van der Waals surface area (Å²) >= 11 is 0. The molecule has 0 saturated carbocycles. The molecule has 0 aliphatic heterocycles. The monoisotopic (exact) mass is 383 g/mol.